The van der Waals surface area contributed by atoms with E-state index >= 15 is 0 Å². The number of nitrogens with two attached hydrogens (primary N) is 3. The highest BCUT2D eigenvalue weighted by atomic mass is 14.6. The fourth-order valence-electron chi connectivity index (χ4n) is 2.07. The molecule has 0 saturated carbocycles. The van der Waals surface area contributed by atoms with Crippen molar-refractivity contribution in [2.45, 2.75) is 31.7 Å². The van der Waals surface area contributed by atoms with Gasteiger partial charge in [-0.1, -0.05) is 30.3 Å². The fraction of sp³-hybridized carbons (Fsp3) is 0.571. The van der Waals surface area contributed by atoms with Gasteiger partial charge in [-0.15, -0.1) is 0 Å². The van der Waals surface area contributed by atoms with Gasteiger partial charge in [-0.3, -0.25) is 0 Å². The van der Waals surface area contributed by atoms with E-state index in [1.165, 1.54) is 5.56 Å². The van der Waals surface area contributed by atoms with Gasteiger partial charge in [0.25, 0.3) is 0 Å². The van der Waals surface area contributed by atoms with Crippen LogP contribution in [0.2, 0.25) is 0 Å². The third-order valence-electron chi connectivity index (χ3n) is 3.26. The highest BCUT2D eigenvalue weighted by Gasteiger charge is 2.10. The molecule has 3 heteroatoms. The number of hydrogen-bond donors (Lipinski definition) is 3. The molecule has 2 atom stereocenters. The summed E-state index contributed by atoms with van der Waals surface area (Å²) < 4.78 is 0. The van der Waals surface area contributed by atoms with Gasteiger partial charge in [0, 0.05) is 6.04 Å². The lowest BCUT2D eigenvalue weighted by Gasteiger charge is -2.17. The molecule has 17 heavy (non-hydrogen) atoms. The molecule has 0 spiro atoms. The third-order valence-corrected chi connectivity index (χ3v) is 3.26. The molecule has 2 unspecified atom stereocenters. The van der Waals surface area contributed by atoms with Crippen molar-refractivity contribution in [1.82, 2.24) is 0 Å². The van der Waals surface area contributed by atoms with E-state index in [4.69, 9.17) is 17.2 Å². The molecular weight excluding hydrogens is 210 g/mol. The third kappa shape index (κ3) is 5.31. The molecule has 3 nitrogen and oxygen atoms in total. The second-order valence-corrected chi connectivity index (χ2v) is 4.63. The molecule has 0 aromatic heterocycles. The van der Waals surface area contributed by atoms with Crippen molar-refractivity contribution >= 4 is 0 Å². The summed E-state index contributed by atoms with van der Waals surface area (Å²) in [6, 6.07) is 10.4. The number of hydrogen-bond acceptors (Lipinski definition) is 3. The van der Waals surface area contributed by atoms with Crippen molar-refractivity contribution in [1.29, 1.82) is 0 Å². The summed E-state index contributed by atoms with van der Waals surface area (Å²) in [5.41, 5.74) is 18.6. The van der Waals surface area contributed by atoms with Crippen molar-refractivity contribution in [3.05, 3.63) is 35.9 Å². The predicted octanol–water partition coefficient (Wildman–Crippen LogP) is 1.78. The van der Waals surface area contributed by atoms with Crippen LogP contribution in [0, 0.1) is 5.92 Å². The second-order valence-electron chi connectivity index (χ2n) is 4.63. The van der Waals surface area contributed by atoms with E-state index in [9.17, 15) is 0 Å². The Morgan fingerprint density at radius 3 is 2.24 bits per heavy atom. The molecule has 0 aliphatic carbocycles. The van der Waals surface area contributed by atoms with Crippen LogP contribution >= 0.6 is 0 Å². The van der Waals surface area contributed by atoms with Crippen LogP contribution in [0.4, 0.5) is 0 Å². The first-order chi connectivity index (χ1) is 8.27. The first-order valence-electron chi connectivity index (χ1n) is 6.48. The van der Waals surface area contributed by atoms with Gasteiger partial charge in [0.15, 0.2) is 0 Å². The lowest BCUT2D eigenvalue weighted by atomic mass is 9.93. The summed E-state index contributed by atoms with van der Waals surface area (Å²) in [6.45, 7) is 1.49. The first-order valence-corrected chi connectivity index (χ1v) is 6.48. The Hall–Kier alpha value is -0.900. The van der Waals surface area contributed by atoms with Gasteiger partial charge in [0.05, 0.1) is 0 Å². The van der Waals surface area contributed by atoms with Crippen LogP contribution in [0.3, 0.4) is 0 Å². The topological polar surface area (TPSA) is 78.1 Å². The van der Waals surface area contributed by atoms with Crippen LogP contribution in [0.15, 0.2) is 30.3 Å². The zero-order valence-electron chi connectivity index (χ0n) is 10.5. The van der Waals surface area contributed by atoms with Gasteiger partial charge in [-0.2, -0.15) is 0 Å². The average Bonchev–Trinajstić information content (AvgIpc) is 2.39. The first kappa shape index (κ1) is 14.2. The zero-order chi connectivity index (χ0) is 12.5. The molecule has 0 aliphatic heterocycles. The normalized spacial score (nSPS) is 14.5. The Labute approximate surface area is 104 Å². The van der Waals surface area contributed by atoms with Crippen LogP contribution in [0.25, 0.3) is 0 Å². The molecule has 0 saturated heterocycles. The van der Waals surface area contributed by atoms with E-state index in [0.717, 1.165) is 38.8 Å². The standard InChI is InChI=1S/C14H25N3/c15-10-4-5-12(11-16)8-9-14(17)13-6-2-1-3-7-13/h1-3,6-7,12,14H,4-5,8-11,15-17H2. The highest BCUT2D eigenvalue weighted by molar-refractivity contribution is 5.18. The smallest absolute Gasteiger partial charge is 0.0294 e. The van der Waals surface area contributed by atoms with Crippen molar-refractivity contribution < 1.29 is 0 Å². The Morgan fingerprint density at radius 1 is 0.941 bits per heavy atom. The Morgan fingerprint density at radius 2 is 1.65 bits per heavy atom. The lowest BCUT2D eigenvalue weighted by molar-refractivity contribution is 0.416. The minimum Gasteiger partial charge on any atom is -0.330 e. The van der Waals surface area contributed by atoms with Crippen molar-refractivity contribution in [3.8, 4) is 0 Å². The number of benzene rings is 1. The lowest BCUT2D eigenvalue weighted by Crippen LogP contribution is -2.19. The van der Waals surface area contributed by atoms with Crippen molar-refractivity contribution in [2.75, 3.05) is 13.1 Å². The molecule has 6 N–H and O–H groups in total. The molecule has 1 aromatic carbocycles. The molecule has 96 valence electrons. The van der Waals surface area contributed by atoms with E-state index in [-0.39, 0.29) is 6.04 Å². The van der Waals surface area contributed by atoms with E-state index in [1.807, 2.05) is 18.2 Å². The molecule has 0 radical (unpaired) electrons. The monoisotopic (exact) mass is 235 g/mol. The molecule has 0 amide bonds. The Balaban J connectivity index is 2.33. The maximum Gasteiger partial charge on any atom is 0.0294 e. The fourth-order valence-corrected chi connectivity index (χ4v) is 2.07. The Bertz CT molecular complexity index is 287. The zero-order valence-corrected chi connectivity index (χ0v) is 10.5. The van der Waals surface area contributed by atoms with Gasteiger partial charge in [0.2, 0.25) is 0 Å². The summed E-state index contributed by atoms with van der Waals surface area (Å²) in [5.74, 6) is 0.563. The van der Waals surface area contributed by atoms with E-state index in [0.29, 0.717) is 5.92 Å². The van der Waals surface area contributed by atoms with E-state index in [2.05, 4.69) is 12.1 Å². The minimum absolute atomic E-state index is 0.128. The minimum atomic E-state index is 0.128. The van der Waals surface area contributed by atoms with Crippen LogP contribution in [0.1, 0.15) is 37.3 Å². The Kier molecular flexibility index (Phi) is 6.86. The summed E-state index contributed by atoms with van der Waals surface area (Å²) >= 11 is 0. The van der Waals surface area contributed by atoms with Crippen molar-refractivity contribution in [2.24, 2.45) is 23.1 Å². The van der Waals surface area contributed by atoms with Crippen LogP contribution in [0.5, 0.6) is 0 Å². The van der Waals surface area contributed by atoms with Crippen LogP contribution in [-0.2, 0) is 0 Å². The highest BCUT2D eigenvalue weighted by Crippen LogP contribution is 2.20. The van der Waals surface area contributed by atoms with Gasteiger partial charge in [-0.05, 0) is 50.3 Å². The predicted molar refractivity (Wildman–Crippen MR) is 73.4 cm³/mol. The van der Waals surface area contributed by atoms with Gasteiger partial charge < -0.3 is 17.2 Å². The summed E-state index contributed by atoms with van der Waals surface area (Å²) in [7, 11) is 0. The van der Waals surface area contributed by atoms with Crippen LogP contribution in [-0.4, -0.2) is 13.1 Å². The van der Waals surface area contributed by atoms with E-state index < -0.39 is 0 Å². The molecule has 0 fully saturated rings. The largest absolute Gasteiger partial charge is 0.330 e. The summed E-state index contributed by atoms with van der Waals surface area (Å²) in [4.78, 5) is 0. The summed E-state index contributed by atoms with van der Waals surface area (Å²) in [6.07, 6.45) is 4.26. The second kappa shape index (κ2) is 8.23. The molecule has 1 aromatic rings. The molecule has 1 rings (SSSR count). The van der Waals surface area contributed by atoms with Crippen molar-refractivity contribution in [3.63, 3.8) is 0 Å². The SMILES string of the molecule is NCCCC(CN)CCC(N)c1ccccc1. The molecule has 0 heterocycles. The molecule has 0 bridgehead atoms. The maximum atomic E-state index is 6.16. The van der Waals surface area contributed by atoms with Crippen LogP contribution < -0.4 is 17.2 Å². The van der Waals surface area contributed by atoms with Gasteiger partial charge in [-0.25, -0.2) is 0 Å². The molecular formula is C14H25N3. The number of rotatable bonds is 8. The molecule has 0 aliphatic rings. The maximum absolute atomic E-state index is 6.16. The average molecular weight is 235 g/mol. The summed E-state index contributed by atoms with van der Waals surface area (Å²) in [5, 5.41) is 0. The van der Waals surface area contributed by atoms with Gasteiger partial charge >= 0.3 is 0 Å². The quantitative estimate of drug-likeness (QED) is 0.642. The van der Waals surface area contributed by atoms with E-state index in [1.54, 1.807) is 0 Å². The van der Waals surface area contributed by atoms with Gasteiger partial charge in [0.1, 0.15) is 0 Å².